The van der Waals surface area contributed by atoms with Crippen molar-refractivity contribution in [2.24, 2.45) is 5.92 Å². The van der Waals surface area contributed by atoms with Crippen molar-refractivity contribution < 1.29 is 4.39 Å². The van der Waals surface area contributed by atoms with E-state index in [2.05, 4.69) is 13.0 Å². The van der Waals surface area contributed by atoms with Gasteiger partial charge in [-0.3, -0.25) is 0 Å². The Morgan fingerprint density at radius 2 is 1.78 bits per heavy atom. The highest BCUT2D eigenvalue weighted by molar-refractivity contribution is 5.33. The molecule has 0 aliphatic heterocycles. The lowest BCUT2D eigenvalue weighted by molar-refractivity contribution is 0.409. The third-order valence-electron chi connectivity index (χ3n) is 5.97. The van der Waals surface area contributed by atoms with Gasteiger partial charge in [-0.05, 0) is 55.7 Å². The number of halogens is 1. The monoisotopic (exact) mass is 369 g/mol. The minimum absolute atomic E-state index is 0.138. The van der Waals surface area contributed by atoms with E-state index in [1.807, 2.05) is 12.1 Å². The third-order valence-corrected chi connectivity index (χ3v) is 5.97. The van der Waals surface area contributed by atoms with Crippen molar-refractivity contribution in [3.05, 3.63) is 46.8 Å². The zero-order valence-electron chi connectivity index (χ0n) is 17.1. The second kappa shape index (κ2) is 12.7. The number of nitrogens with zero attached hydrogens (tertiary/aromatic N) is 1. The Balaban J connectivity index is 1.58. The second-order valence-electron chi connectivity index (χ2n) is 8.19. The highest BCUT2D eigenvalue weighted by atomic mass is 19.1. The van der Waals surface area contributed by atoms with Gasteiger partial charge < -0.3 is 0 Å². The van der Waals surface area contributed by atoms with Crippen LogP contribution < -0.4 is 0 Å². The molecule has 0 heterocycles. The summed E-state index contributed by atoms with van der Waals surface area (Å²) in [6.07, 6.45) is 20.7. The van der Waals surface area contributed by atoms with Crippen molar-refractivity contribution in [1.82, 2.24) is 0 Å². The van der Waals surface area contributed by atoms with Crippen molar-refractivity contribution in [3.8, 4) is 6.07 Å². The number of nitriles is 1. The molecule has 27 heavy (non-hydrogen) atoms. The lowest BCUT2D eigenvalue weighted by Crippen LogP contribution is -2.06. The first kappa shape index (κ1) is 21.7. The Morgan fingerprint density at radius 1 is 1.04 bits per heavy atom. The normalized spacial score (nSPS) is 16.8. The summed E-state index contributed by atoms with van der Waals surface area (Å²) in [6.45, 7) is 2.27. The van der Waals surface area contributed by atoms with Crippen LogP contribution in [0.3, 0.4) is 0 Å². The van der Waals surface area contributed by atoms with Crippen molar-refractivity contribution in [3.63, 3.8) is 0 Å². The summed E-state index contributed by atoms with van der Waals surface area (Å²) in [5, 5.41) is 8.80. The maximum atomic E-state index is 13.7. The molecular weight excluding hydrogens is 333 g/mol. The summed E-state index contributed by atoms with van der Waals surface area (Å²) in [5.41, 5.74) is 2.67. The van der Waals surface area contributed by atoms with E-state index in [0.29, 0.717) is 0 Å². The van der Waals surface area contributed by atoms with Gasteiger partial charge in [-0.15, -0.1) is 0 Å². The van der Waals surface area contributed by atoms with Gasteiger partial charge in [-0.2, -0.15) is 5.26 Å². The fraction of sp³-hybridized carbons (Fsp3) is 0.640. The summed E-state index contributed by atoms with van der Waals surface area (Å²) < 4.78 is 13.7. The fourth-order valence-electron chi connectivity index (χ4n) is 4.11. The molecule has 0 spiro atoms. The van der Waals surface area contributed by atoms with E-state index >= 15 is 0 Å². The molecule has 0 saturated heterocycles. The summed E-state index contributed by atoms with van der Waals surface area (Å²) in [6, 6.07) is 6.89. The average molecular weight is 370 g/mol. The number of allylic oxidation sites excluding steroid dienone is 2. The number of aryl methyl sites for hydroxylation is 1. The van der Waals surface area contributed by atoms with Crippen LogP contribution in [-0.4, -0.2) is 0 Å². The first-order valence-corrected chi connectivity index (χ1v) is 11.1. The van der Waals surface area contributed by atoms with Gasteiger partial charge in [-0.25, -0.2) is 4.39 Å². The van der Waals surface area contributed by atoms with E-state index < -0.39 is 5.82 Å². The van der Waals surface area contributed by atoms with Gasteiger partial charge in [0.15, 0.2) is 0 Å². The summed E-state index contributed by atoms with van der Waals surface area (Å²) in [4.78, 5) is 0. The number of unbranched alkanes of at least 4 members (excludes halogenated alkanes) is 7. The Bertz CT molecular complexity index is 626. The molecular formula is C25H36FN. The molecule has 1 aromatic carbocycles. The first-order chi connectivity index (χ1) is 13.2. The van der Waals surface area contributed by atoms with Gasteiger partial charge >= 0.3 is 0 Å². The van der Waals surface area contributed by atoms with E-state index in [9.17, 15) is 4.39 Å². The van der Waals surface area contributed by atoms with Crippen LogP contribution in [0.5, 0.6) is 0 Å². The average Bonchev–Trinajstić information content (AvgIpc) is 2.69. The van der Waals surface area contributed by atoms with Gasteiger partial charge in [0, 0.05) is 0 Å². The van der Waals surface area contributed by atoms with Crippen molar-refractivity contribution in [2.45, 2.75) is 96.8 Å². The van der Waals surface area contributed by atoms with E-state index in [1.54, 1.807) is 6.07 Å². The summed E-state index contributed by atoms with van der Waals surface area (Å²) >= 11 is 0. The maximum Gasteiger partial charge on any atom is 0.141 e. The first-order valence-electron chi connectivity index (χ1n) is 11.1. The van der Waals surface area contributed by atoms with Gasteiger partial charge in [-0.1, -0.05) is 82.4 Å². The van der Waals surface area contributed by atoms with Crippen molar-refractivity contribution in [2.75, 3.05) is 0 Å². The van der Waals surface area contributed by atoms with Gasteiger partial charge in [0.2, 0.25) is 0 Å². The molecule has 0 amide bonds. The molecule has 0 N–H and O–H groups in total. The van der Waals surface area contributed by atoms with Gasteiger partial charge in [0.25, 0.3) is 0 Å². The molecule has 0 fully saturated rings. The molecule has 0 aromatic heterocycles. The minimum Gasteiger partial charge on any atom is -0.206 e. The van der Waals surface area contributed by atoms with Gasteiger partial charge in [0.1, 0.15) is 11.9 Å². The third kappa shape index (κ3) is 8.29. The zero-order chi connectivity index (χ0) is 19.3. The van der Waals surface area contributed by atoms with Gasteiger partial charge in [0.05, 0.1) is 5.56 Å². The largest absolute Gasteiger partial charge is 0.206 e. The van der Waals surface area contributed by atoms with Crippen LogP contribution in [-0.2, 0) is 6.42 Å². The van der Waals surface area contributed by atoms with Crippen LogP contribution in [0.15, 0.2) is 29.8 Å². The standard InChI is InChI=1S/C25H36FN/c1-2-3-4-5-6-7-8-9-10-21-11-13-22(14-12-21)15-16-23-17-18-24(20-27)25(26)19-23/h13,17-19,21H,2-12,14-16H2,1H3. The minimum atomic E-state index is -0.391. The molecule has 1 aliphatic carbocycles. The fourth-order valence-corrected chi connectivity index (χ4v) is 4.11. The Morgan fingerprint density at radius 3 is 2.41 bits per heavy atom. The lowest BCUT2D eigenvalue weighted by Gasteiger charge is -2.22. The number of hydrogen-bond acceptors (Lipinski definition) is 1. The SMILES string of the molecule is CCCCCCCCCCC1CC=C(CCc2ccc(C#N)c(F)c2)CC1. The predicted molar refractivity (Wildman–Crippen MR) is 112 cm³/mol. The quantitative estimate of drug-likeness (QED) is 0.271. The van der Waals surface area contributed by atoms with E-state index in [1.165, 1.54) is 88.7 Å². The van der Waals surface area contributed by atoms with Crippen LogP contribution in [0.4, 0.5) is 4.39 Å². The van der Waals surface area contributed by atoms with E-state index in [-0.39, 0.29) is 5.56 Å². The zero-order valence-corrected chi connectivity index (χ0v) is 17.1. The van der Waals surface area contributed by atoms with Crippen LogP contribution in [0.1, 0.15) is 102 Å². The van der Waals surface area contributed by atoms with Crippen LogP contribution in [0.2, 0.25) is 0 Å². The molecule has 0 bridgehead atoms. The molecule has 1 nitrogen and oxygen atoms in total. The maximum absolute atomic E-state index is 13.7. The molecule has 2 rings (SSSR count). The second-order valence-corrected chi connectivity index (χ2v) is 8.19. The molecule has 2 heteroatoms. The Labute approximate surface area is 165 Å². The molecule has 0 radical (unpaired) electrons. The lowest BCUT2D eigenvalue weighted by atomic mass is 9.84. The summed E-state index contributed by atoms with van der Waals surface area (Å²) in [5.74, 6) is 0.485. The molecule has 1 aromatic rings. The predicted octanol–water partition coefficient (Wildman–Crippen LogP) is 7.89. The Hall–Kier alpha value is -1.62. The van der Waals surface area contributed by atoms with Crippen molar-refractivity contribution >= 4 is 0 Å². The molecule has 1 atom stereocenters. The topological polar surface area (TPSA) is 23.8 Å². The molecule has 1 unspecified atom stereocenters. The molecule has 0 saturated carbocycles. The molecule has 148 valence electrons. The van der Waals surface area contributed by atoms with Crippen LogP contribution >= 0.6 is 0 Å². The van der Waals surface area contributed by atoms with Crippen LogP contribution in [0.25, 0.3) is 0 Å². The number of benzene rings is 1. The molecule has 1 aliphatic rings. The van der Waals surface area contributed by atoms with E-state index in [4.69, 9.17) is 5.26 Å². The Kier molecular flexibility index (Phi) is 10.2. The summed E-state index contributed by atoms with van der Waals surface area (Å²) in [7, 11) is 0. The number of hydrogen-bond donors (Lipinski definition) is 0. The highest BCUT2D eigenvalue weighted by Gasteiger charge is 2.14. The van der Waals surface area contributed by atoms with Crippen LogP contribution in [0, 0.1) is 23.1 Å². The highest BCUT2D eigenvalue weighted by Crippen LogP contribution is 2.30. The van der Waals surface area contributed by atoms with Crippen molar-refractivity contribution in [1.29, 1.82) is 5.26 Å². The van der Waals surface area contributed by atoms with E-state index in [0.717, 1.165) is 24.3 Å². The smallest absolute Gasteiger partial charge is 0.141 e. The number of rotatable bonds is 12.